The number of aliphatic hydroxyl groups excluding tert-OH is 1. The lowest BCUT2D eigenvalue weighted by Gasteiger charge is -2.25. The first-order valence-corrected chi connectivity index (χ1v) is 8.51. The Kier molecular flexibility index (Phi) is 4.94. The van der Waals surface area contributed by atoms with Gasteiger partial charge in [-0.25, -0.2) is 4.98 Å². The van der Waals surface area contributed by atoms with Crippen molar-refractivity contribution in [2.24, 2.45) is 5.92 Å². The van der Waals surface area contributed by atoms with Crippen molar-refractivity contribution in [3.63, 3.8) is 0 Å². The van der Waals surface area contributed by atoms with Gasteiger partial charge in [-0.1, -0.05) is 44.2 Å². The number of H-pyrrole nitrogens is 1. The topological polar surface area (TPSA) is 82.1 Å². The highest BCUT2D eigenvalue weighted by molar-refractivity contribution is 5.77. The molecule has 1 fully saturated rings. The van der Waals surface area contributed by atoms with E-state index >= 15 is 0 Å². The molecular formula is C18H24N4O2. The van der Waals surface area contributed by atoms with Gasteiger partial charge in [-0.3, -0.25) is 9.89 Å². The van der Waals surface area contributed by atoms with Crippen LogP contribution >= 0.6 is 0 Å². The van der Waals surface area contributed by atoms with Crippen molar-refractivity contribution < 1.29 is 9.90 Å². The normalized spacial score (nSPS) is 19.0. The Bertz CT molecular complexity index is 683. The average molecular weight is 328 g/mol. The lowest BCUT2D eigenvalue weighted by molar-refractivity contribution is -0.134. The summed E-state index contributed by atoms with van der Waals surface area (Å²) in [5.41, 5.74) is 0.950. The van der Waals surface area contributed by atoms with Crippen LogP contribution in [0, 0.1) is 5.92 Å². The zero-order valence-electron chi connectivity index (χ0n) is 14.1. The standard InChI is InChI=1S/C18H24N4O2/c1-12(2)15(23)11-16(24)22-10-6-9-14(22)18-19-17(20-21-18)13-7-4-3-5-8-13/h3-5,7-8,12,14-15,23H,6,9-11H2,1-2H3,(H,19,20,21)/t14-,15-/m1/s1. The number of amides is 1. The van der Waals surface area contributed by atoms with E-state index in [0.29, 0.717) is 12.4 Å². The molecule has 6 heteroatoms. The summed E-state index contributed by atoms with van der Waals surface area (Å²) in [6.07, 6.45) is 1.37. The van der Waals surface area contributed by atoms with Crippen molar-refractivity contribution in [2.75, 3.05) is 6.54 Å². The smallest absolute Gasteiger partial charge is 0.225 e. The van der Waals surface area contributed by atoms with Crippen molar-refractivity contribution in [2.45, 2.75) is 45.3 Å². The van der Waals surface area contributed by atoms with Gasteiger partial charge in [0.2, 0.25) is 5.91 Å². The monoisotopic (exact) mass is 328 g/mol. The Hall–Kier alpha value is -2.21. The Balaban J connectivity index is 1.74. The lowest BCUT2D eigenvalue weighted by Crippen LogP contribution is -2.34. The van der Waals surface area contributed by atoms with Crippen LogP contribution in [0.5, 0.6) is 0 Å². The fourth-order valence-electron chi connectivity index (χ4n) is 3.02. The molecule has 0 radical (unpaired) electrons. The average Bonchev–Trinajstić information content (AvgIpc) is 3.24. The number of carbonyl (C=O) groups is 1. The second-order valence-electron chi connectivity index (χ2n) is 6.67. The van der Waals surface area contributed by atoms with Gasteiger partial charge in [0.15, 0.2) is 5.82 Å². The number of hydrogen-bond donors (Lipinski definition) is 2. The molecule has 2 atom stereocenters. The molecule has 128 valence electrons. The van der Waals surface area contributed by atoms with Gasteiger partial charge in [0.05, 0.1) is 18.6 Å². The number of aromatic amines is 1. The third-order valence-corrected chi connectivity index (χ3v) is 4.58. The number of nitrogens with zero attached hydrogens (tertiary/aromatic N) is 3. The summed E-state index contributed by atoms with van der Waals surface area (Å²) in [6, 6.07) is 9.69. The molecule has 2 N–H and O–H groups in total. The number of hydrogen-bond acceptors (Lipinski definition) is 4. The van der Waals surface area contributed by atoms with E-state index in [1.165, 1.54) is 0 Å². The molecule has 1 amide bonds. The molecule has 0 saturated carbocycles. The number of nitrogens with one attached hydrogen (secondary N) is 1. The van der Waals surface area contributed by atoms with E-state index in [4.69, 9.17) is 0 Å². The highest BCUT2D eigenvalue weighted by atomic mass is 16.3. The number of rotatable bonds is 5. The van der Waals surface area contributed by atoms with E-state index in [1.54, 1.807) is 0 Å². The van der Waals surface area contributed by atoms with Gasteiger partial charge < -0.3 is 10.0 Å². The lowest BCUT2D eigenvalue weighted by atomic mass is 10.0. The SMILES string of the molecule is CC(C)[C@H](O)CC(=O)N1CCC[C@@H]1c1nc(-c2ccccc2)n[nH]1. The third-order valence-electron chi connectivity index (χ3n) is 4.58. The van der Waals surface area contributed by atoms with Crippen LogP contribution in [0.25, 0.3) is 11.4 Å². The molecule has 24 heavy (non-hydrogen) atoms. The Morgan fingerprint density at radius 3 is 2.83 bits per heavy atom. The maximum absolute atomic E-state index is 12.5. The van der Waals surface area contributed by atoms with Crippen LogP contribution in [0.1, 0.15) is 45.0 Å². The molecule has 0 bridgehead atoms. The molecule has 1 aromatic carbocycles. The van der Waals surface area contributed by atoms with Gasteiger partial charge in [0, 0.05) is 12.1 Å². The minimum atomic E-state index is -0.603. The van der Waals surface area contributed by atoms with Crippen LogP contribution in [-0.4, -0.2) is 43.7 Å². The Morgan fingerprint density at radius 2 is 2.12 bits per heavy atom. The fourth-order valence-corrected chi connectivity index (χ4v) is 3.02. The fraction of sp³-hybridized carbons (Fsp3) is 0.500. The molecule has 0 spiro atoms. The minimum absolute atomic E-state index is 0.0173. The quantitative estimate of drug-likeness (QED) is 0.883. The first kappa shape index (κ1) is 16.6. The van der Waals surface area contributed by atoms with E-state index < -0.39 is 6.10 Å². The summed E-state index contributed by atoms with van der Waals surface area (Å²) in [7, 11) is 0. The molecule has 6 nitrogen and oxygen atoms in total. The van der Waals surface area contributed by atoms with Gasteiger partial charge in [-0.2, -0.15) is 5.10 Å². The molecule has 1 saturated heterocycles. The summed E-state index contributed by atoms with van der Waals surface area (Å²) >= 11 is 0. The van der Waals surface area contributed by atoms with E-state index in [2.05, 4.69) is 15.2 Å². The van der Waals surface area contributed by atoms with Crippen LogP contribution in [-0.2, 0) is 4.79 Å². The van der Waals surface area contributed by atoms with Crippen LogP contribution in [0.2, 0.25) is 0 Å². The number of benzene rings is 1. The summed E-state index contributed by atoms with van der Waals surface area (Å²) < 4.78 is 0. The maximum atomic E-state index is 12.5. The van der Waals surface area contributed by atoms with E-state index in [0.717, 1.165) is 24.2 Å². The van der Waals surface area contributed by atoms with Crippen LogP contribution in [0.3, 0.4) is 0 Å². The van der Waals surface area contributed by atoms with Crippen molar-refractivity contribution in [1.29, 1.82) is 0 Å². The highest BCUT2D eigenvalue weighted by Gasteiger charge is 2.33. The third kappa shape index (κ3) is 3.48. The van der Waals surface area contributed by atoms with E-state index in [9.17, 15) is 9.90 Å². The summed E-state index contributed by atoms with van der Waals surface area (Å²) in [5.74, 6) is 1.42. The molecule has 0 unspecified atom stereocenters. The largest absolute Gasteiger partial charge is 0.392 e. The molecule has 1 aliphatic heterocycles. The van der Waals surface area contributed by atoms with Crippen molar-refractivity contribution in [1.82, 2.24) is 20.1 Å². The second-order valence-corrected chi connectivity index (χ2v) is 6.67. The van der Waals surface area contributed by atoms with Crippen LogP contribution < -0.4 is 0 Å². The predicted molar refractivity (Wildman–Crippen MR) is 91.0 cm³/mol. The summed E-state index contributed by atoms with van der Waals surface area (Å²) in [5, 5.41) is 17.3. The molecule has 3 rings (SSSR count). The van der Waals surface area contributed by atoms with Gasteiger partial charge in [-0.15, -0.1) is 0 Å². The Morgan fingerprint density at radius 1 is 1.38 bits per heavy atom. The molecule has 0 aliphatic carbocycles. The maximum Gasteiger partial charge on any atom is 0.225 e. The van der Waals surface area contributed by atoms with Gasteiger partial charge in [-0.05, 0) is 18.8 Å². The molecule has 1 aliphatic rings. The second kappa shape index (κ2) is 7.13. The molecule has 1 aromatic heterocycles. The Labute approximate surface area is 141 Å². The molecule has 2 aromatic rings. The predicted octanol–water partition coefficient (Wildman–Crippen LogP) is 2.54. The van der Waals surface area contributed by atoms with Gasteiger partial charge >= 0.3 is 0 Å². The number of aromatic nitrogens is 3. The van der Waals surface area contributed by atoms with Crippen molar-refractivity contribution in [3.8, 4) is 11.4 Å². The molecule has 2 heterocycles. The van der Waals surface area contributed by atoms with Crippen LogP contribution in [0.15, 0.2) is 30.3 Å². The first-order chi connectivity index (χ1) is 11.6. The van der Waals surface area contributed by atoms with Crippen LogP contribution in [0.4, 0.5) is 0 Å². The zero-order valence-corrected chi connectivity index (χ0v) is 14.1. The number of aliphatic hydroxyl groups is 1. The first-order valence-electron chi connectivity index (χ1n) is 8.51. The summed E-state index contributed by atoms with van der Waals surface area (Å²) in [6.45, 7) is 4.54. The highest BCUT2D eigenvalue weighted by Crippen LogP contribution is 2.31. The number of likely N-dealkylation sites (tertiary alicyclic amines) is 1. The number of carbonyl (C=O) groups excluding carboxylic acids is 1. The zero-order chi connectivity index (χ0) is 17.1. The molecular weight excluding hydrogens is 304 g/mol. The van der Waals surface area contributed by atoms with Crippen molar-refractivity contribution >= 4 is 5.91 Å². The summed E-state index contributed by atoms with van der Waals surface area (Å²) in [4.78, 5) is 18.9. The van der Waals surface area contributed by atoms with Gasteiger partial charge in [0.25, 0.3) is 0 Å². The van der Waals surface area contributed by atoms with Gasteiger partial charge in [0.1, 0.15) is 5.82 Å². The van der Waals surface area contributed by atoms with E-state index in [-0.39, 0.29) is 24.3 Å². The van der Waals surface area contributed by atoms with E-state index in [1.807, 2.05) is 49.1 Å². The minimum Gasteiger partial charge on any atom is -0.392 e. The van der Waals surface area contributed by atoms with Crippen molar-refractivity contribution in [3.05, 3.63) is 36.2 Å².